The van der Waals surface area contributed by atoms with Crippen molar-refractivity contribution in [3.63, 3.8) is 0 Å². The van der Waals surface area contributed by atoms with Gasteiger partial charge >= 0.3 is 0 Å². The van der Waals surface area contributed by atoms with E-state index in [2.05, 4.69) is 98.8 Å². The highest BCUT2D eigenvalue weighted by atomic mass is 32.1. The van der Waals surface area contributed by atoms with Crippen LogP contribution in [0.2, 0.25) is 0 Å². The van der Waals surface area contributed by atoms with Gasteiger partial charge < -0.3 is 0 Å². The predicted octanol–water partition coefficient (Wildman–Crippen LogP) is 11.2. The number of hydrogen-bond acceptors (Lipinski definition) is 2. The normalized spacial score (nSPS) is 12.1. The lowest BCUT2D eigenvalue weighted by Gasteiger charge is -2.25. The highest BCUT2D eigenvalue weighted by Gasteiger charge is 2.28. The Kier molecular flexibility index (Phi) is 7.08. The van der Waals surface area contributed by atoms with Crippen molar-refractivity contribution in [2.45, 2.75) is 65.2 Å². The first kappa shape index (κ1) is 25.7. The first-order valence-corrected chi connectivity index (χ1v) is 16.6. The Morgan fingerprint density at radius 2 is 0.800 bits per heavy atom. The highest BCUT2D eigenvalue weighted by molar-refractivity contribution is 7.20. The summed E-state index contributed by atoms with van der Waals surface area (Å²) < 4.78 is 2.95. The van der Waals surface area contributed by atoms with Crippen molar-refractivity contribution in [2.75, 3.05) is 0 Å². The average Bonchev–Trinajstić information content (AvgIpc) is 3.57. The van der Waals surface area contributed by atoms with Crippen LogP contribution >= 0.6 is 22.7 Å². The van der Waals surface area contributed by atoms with E-state index < -0.39 is 0 Å². The molecule has 0 aliphatic heterocycles. The van der Waals surface area contributed by atoms with Gasteiger partial charge in [0, 0.05) is 30.3 Å². The van der Waals surface area contributed by atoms with E-state index in [1.54, 1.807) is 0 Å². The Morgan fingerprint density at radius 3 is 1.18 bits per heavy atom. The molecule has 7 rings (SSSR count). The lowest BCUT2D eigenvalue weighted by Crippen LogP contribution is -1.98. The molecule has 200 valence electrons. The minimum absolute atomic E-state index is 1.11. The van der Waals surface area contributed by atoms with Gasteiger partial charge in [0.15, 0.2) is 0 Å². The van der Waals surface area contributed by atoms with Crippen LogP contribution in [0.1, 0.15) is 58.7 Å². The second kappa shape index (κ2) is 11.0. The third-order valence-electron chi connectivity index (χ3n) is 8.46. The van der Waals surface area contributed by atoms with E-state index in [4.69, 9.17) is 0 Å². The van der Waals surface area contributed by atoms with Crippen LogP contribution in [0.3, 0.4) is 0 Å². The summed E-state index contributed by atoms with van der Waals surface area (Å²) in [4.78, 5) is 2.99. The first-order valence-electron chi connectivity index (χ1n) is 15.0. The van der Waals surface area contributed by atoms with Gasteiger partial charge in [0.05, 0.1) is 0 Å². The van der Waals surface area contributed by atoms with E-state index in [0.29, 0.717) is 0 Å². The van der Waals surface area contributed by atoms with Crippen LogP contribution in [0.15, 0.2) is 84.9 Å². The van der Waals surface area contributed by atoms with Crippen LogP contribution in [0.5, 0.6) is 0 Å². The molecule has 1 aliphatic rings. The highest BCUT2D eigenvalue weighted by Crippen LogP contribution is 2.56. The van der Waals surface area contributed by atoms with Gasteiger partial charge in [0.25, 0.3) is 0 Å². The fourth-order valence-electron chi connectivity index (χ4n) is 6.31. The first-order chi connectivity index (χ1) is 19.7. The molecule has 1 aliphatic carbocycles. The minimum atomic E-state index is 1.11. The van der Waals surface area contributed by atoms with E-state index >= 15 is 0 Å². The molecule has 0 atom stereocenters. The van der Waals surface area contributed by atoms with Gasteiger partial charge in [-0.3, -0.25) is 0 Å². The Balaban J connectivity index is 1.09. The van der Waals surface area contributed by atoms with Crippen molar-refractivity contribution in [2.24, 2.45) is 0 Å². The molecule has 0 radical (unpaired) electrons. The molecule has 6 aromatic rings. The van der Waals surface area contributed by atoms with Gasteiger partial charge in [-0.25, -0.2) is 0 Å². The quantitative estimate of drug-likeness (QED) is 0.157. The number of fused-ring (bicyclic) bond motifs is 8. The van der Waals surface area contributed by atoms with E-state index in [9.17, 15) is 0 Å². The topological polar surface area (TPSA) is 0 Å². The Morgan fingerprint density at radius 1 is 0.425 bits per heavy atom. The van der Waals surface area contributed by atoms with Crippen LogP contribution in [0.4, 0.5) is 0 Å². The lowest BCUT2D eigenvalue weighted by atomic mass is 9.79. The van der Waals surface area contributed by atoms with E-state index in [1.807, 2.05) is 22.7 Å². The third-order valence-corrected chi connectivity index (χ3v) is 10.9. The van der Waals surface area contributed by atoms with Crippen LogP contribution in [-0.4, -0.2) is 0 Å². The molecule has 2 heterocycles. The maximum atomic E-state index is 2.43. The molecule has 2 heteroatoms. The van der Waals surface area contributed by atoms with E-state index in [1.165, 1.54) is 100 Å². The number of hydrogen-bond donors (Lipinski definition) is 0. The zero-order chi connectivity index (χ0) is 27.1. The van der Waals surface area contributed by atoms with Crippen molar-refractivity contribution >= 4 is 42.8 Å². The van der Waals surface area contributed by atoms with Crippen molar-refractivity contribution in [3.8, 4) is 22.3 Å². The Labute approximate surface area is 246 Å². The standard InChI is InChI=1S/C38H36S2/c1-3-5-25-7-11-27(12-8-25)15-19-31-23-29-17-21-33-35(37(29)39-31)34-22-18-30-24-32(40-38(30)36(33)34)20-16-28-13-9-26(6-4-2)10-14-28/h7-14,17-18,21-24H,3-6,15-16,19-20H2,1-2H3. The minimum Gasteiger partial charge on any atom is -0.140 e. The molecule has 0 fully saturated rings. The molecule has 0 amide bonds. The number of benzene rings is 4. The zero-order valence-electron chi connectivity index (χ0n) is 23.6. The fourth-order valence-corrected chi connectivity index (χ4v) is 8.74. The molecule has 40 heavy (non-hydrogen) atoms. The van der Waals surface area contributed by atoms with Gasteiger partial charge in [0.1, 0.15) is 0 Å². The summed E-state index contributed by atoms with van der Waals surface area (Å²) in [6.45, 7) is 4.50. The van der Waals surface area contributed by atoms with Gasteiger partial charge in [0.2, 0.25) is 0 Å². The van der Waals surface area contributed by atoms with Crippen molar-refractivity contribution < 1.29 is 0 Å². The van der Waals surface area contributed by atoms with Crippen LogP contribution in [0.25, 0.3) is 42.4 Å². The van der Waals surface area contributed by atoms with E-state index in [-0.39, 0.29) is 0 Å². The SMILES string of the molecule is CCCc1ccc(CCc2cc3ccc4c(c3s2)-c2ccc3cc(CCc5ccc(CCC)cc5)sc3c2-4)cc1. The average molecular weight is 557 g/mol. The molecule has 4 aromatic carbocycles. The van der Waals surface area contributed by atoms with Gasteiger partial charge in [-0.2, -0.15) is 0 Å². The molecular weight excluding hydrogens is 521 g/mol. The lowest BCUT2D eigenvalue weighted by molar-refractivity contribution is 0.916. The van der Waals surface area contributed by atoms with Crippen molar-refractivity contribution in [3.05, 3.63) is 117 Å². The summed E-state index contributed by atoms with van der Waals surface area (Å²) in [6, 6.07) is 32.9. The smallest absolute Gasteiger partial charge is 0.0430 e. The van der Waals surface area contributed by atoms with Gasteiger partial charge in [-0.15, -0.1) is 22.7 Å². The zero-order valence-corrected chi connectivity index (χ0v) is 25.2. The second-order valence-corrected chi connectivity index (χ2v) is 13.6. The molecule has 0 spiro atoms. The molecule has 0 saturated carbocycles. The van der Waals surface area contributed by atoms with Crippen LogP contribution in [0, 0.1) is 0 Å². The molecule has 0 N–H and O–H groups in total. The summed E-state index contributed by atoms with van der Waals surface area (Å²) in [5.74, 6) is 0. The van der Waals surface area contributed by atoms with Crippen molar-refractivity contribution in [1.82, 2.24) is 0 Å². The molecule has 2 aromatic heterocycles. The van der Waals surface area contributed by atoms with E-state index in [0.717, 1.165) is 25.7 Å². The summed E-state index contributed by atoms with van der Waals surface area (Å²) in [5, 5.41) is 2.80. The largest absolute Gasteiger partial charge is 0.140 e. The van der Waals surface area contributed by atoms with Crippen LogP contribution in [-0.2, 0) is 38.5 Å². The maximum Gasteiger partial charge on any atom is 0.0430 e. The number of aryl methyl sites for hydroxylation is 6. The fraction of sp³-hybridized carbons (Fsp3) is 0.263. The monoisotopic (exact) mass is 556 g/mol. The molecule has 0 nitrogen and oxygen atoms in total. The van der Waals surface area contributed by atoms with Gasteiger partial charge in [-0.05, 0) is 94.8 Å². The predicted molar refractivity (Wildman–Crippen MR) is 177 cm³/mol. The molecule has 0 unspecified atom stereocenters. The summed E-state index contributed by atoms with van der Waals surface area (Å²) in [7, 11) is 0. The summed E-state index contributed by atoms with van der Waals surface area (Å²) >= 11 is 4.01. The molecule has 0 bridgehead atoms. The Hall–Kier alpha value is -3.20. The Bertz CT molecular complexity index is 1650. The van der Waals surface area contributed by atoms with Gasteiger partial charge in [-0.1, -0.05) is 99.5 Å². The van der Waals surface area contributed by atoms with Crippen molar-refractivity contribution in [1.29, 1.82) is 0 Å². The third kappa shape index (κ3) is 4.82. The molecule has 0 saturated heterocycles. The van der Waals surface area contributed by atoms with Crippen LogP contribution < -0.4 is 0 Å². The summed E-state index contributed by atoms with van der Waals surface area (Å²) in [6.07, 6.45) is 9.22. The maximum absolute atomic E-state index is 2.43. The summed E-state index contributed by atoms with van der Waals surface area (Å²) in [5.41, 5.74) is 11.7. The second-order valence-electron chi connectivity index (χ2n) is 11.4. The number of rotatable bonds is 10. The molecular formula is C38H36S2. The number of thiophene rings is 2.